The fraction of sp³-hybridized carbons (Fsp3) is 0.222. The summed E-state index contributed by atoms with van der Waals surface area (Å²) in [5.74, 6) is 0.647. The summed E-state index contributed by atoms with van der Waals surface area (Å²) >= 11 is 0. The van der Waals surface area contributed by atoms with Crippen molar-refractivity contribution in [3.05, 3.63) is 73.4 Å². The van der Waals surface area contributed by atoms with Crippen LogP contribution in [0.3, 0.4) is 0 Å². The van der Waals surface area contributed by atoms with E-state index in [-0.39, 0.29) is 22.6 Å². The second-order valence-electron chi connectivity index (χ2n) is 9.40. The molecule has 1 saturated carbocycles. The summed E-state index contributed by atoms with van der Waals surface area (Å²) in [6.07, 6.45) is 4.11. The lowest BCUT2D eigenvalue weighted by Gasteiger charge is -2.13. The van der Waals surface area contributed by atoms with Crippen molar-refractivity contribution in [2.45, 2.75) is 31.7 Å². The summed E-state index contributed by atoms with van der Waals surface area (Å²) < 4.78 is 13.4. The number of H-pyrrole nitrogens is 3. The molecule has 1 aliphatic rings. The van der Waals surface area contributed by atoms with E-state index >= 15 is 0 Å². The summed E-state index contributed by atoms with van der Waals surface area (Å²) in [7, 11) is 1.58. The summed E-state index contributed by atoms with van der Waals surface area (Å²) in [4.78, 5) is 45.2. The molecule has 0 spiro atoms. The van der Waals surface area contributed by atoms with E-state index in [0.29, 0.717) is 55.5 Å². The molecule has 0 radical (unpaired) electrons. The van der Waals surface area contributed by atoms with Gasteiger partial charge in [-0.15, -0.1) is 0 Å². The first-order chi connectivity index (χ1) is 17.5. The number of hydrogen-bond acceptors (Lipinski definition) is 5. The quantitative estimate of drug-likeness (QED) is 0.341. The molecule has 9 heteroatoms. The third-order valence-corrected chi connectivity index (χ3v) is 7.32. The Morgan fingerprint density at radius 1 is 0.972 bits per heavy atom. The average Bonchev–Trinajstić information content (AvgIpc) is 3.60. The van der Waals surface area contributed by atoms with Crippen molar-refractivity contribution in [2.75, 3.05) is 7.11 Å². The van der Waals surface area contributed by atoms with Crippen molar-refractivity contribution in [1.82, 2.24) is 19.7 Å². The molecule has 1 fully saturated rings. The van der Waals surface area contributed by atoms with Crippen molar-refractivity contribution in [3.8, 4) is 16.9 Å². The minimum absolute atomic E-state index is 0.155. The number of aromatic nitrogens is 4. The summed E-state index contributed by atoms with van der Waals surface area (Å²) in [5, 5.41) is 4.82. The second kappa shape index (κ2) is 7.48. The van der Waals surface area contributed by atoms with Crippen LogP contribution < -0.4 is 21.3 Å². The van der Waals surface area contributed by atoms with Gasteiger partial charge >= 0.3 is 0 Å². The molecule has 7 rings (SSSR count). The Hall–Kier alpha value is -4.53. The highest BCUT2D eigenvalue weighted by atomic mass is 16.5. The maximum Gasteiger partial charge on any atom is 0.274 e. The first kappa shape index (κ1) is 20.8. The van der Waals surface area contributed by atoms with E-state index in [1.165, 1.54) is 12.1 Å². The van der Waals surface area contributed by atoms with Crippen molar-refractivity contribution < 1.29 is 9.15 Å². The molecule has 36 heavy (non-hydrogen) atoms. The molecular weight excluding hydrogens is 460 g/mol. The number of hydrogen-bond donors (Lipinski definition) is 3. The van der Waals surface area contributed by atoms with E-state index in [2.05, 4.69) is 15.1 Å². The Labute approximate surface area is 202 Å². The van der Waals surface area contributed by atoms with E-state index in [9.17, 15) is 14.4 Å². The van der Waals surface area contributed by atoms with Crippen molar-refractivity contribution in [1.29, 1.82) is 0 Å². The lowest BCUT2D eigenvalue weighted by Crippen LogP contribution is -2.11. The Kier molecular flexibility index (Phi) is 4.33. The van der Waals surface area contributed by atoms with E-state index in [1.807, 2.05) is 10.7 Å². The Morgan fingerprint density at radius 2 is 1.81 bits per heavy atom. The van der Waals surface area contributed by atoms with Crippen molar-refractivity contribution >= 4 is 44.0 Å². The first-order valence-corrected chi connectivity index (χ1v) is 12.0. The number of furan rings is 1. The molecule has 1 aliphatic carbocycles. The molecule has 180 valence electrons. The zero-order valence-corrected chi connectivity index (χ0v) is 19.4. The van der Waals surface area contributed by atoms with Gasteiger partial charge in [0.05, 0.1) is 29.6 Å². The summed E-state index contributed by atoms with van der Waals surface area (Å²) in [6, 6.07) is 11.9. The van der Waals surface area contributed by atoms with Gasteiger partial charge in [-0.25, -0.2) is 0 Å². The highest BCUT2D eigenvalue weighted by molar-refractivity contribution is 6.14. The predicted octanol–water partition coefficient (Wildman–Crippen LogP) is 4.55. The van der Waals surface area contributed by atoms with Crippen LogP contribution in [0.15, 0.2) is 61.3 Å². The van der Waals surface area contributed by atoms with Crippen LogP contribution in [0.5, 0.6) is 5.75 Å². The molecule has 0 bridgehead atoms. The first-order valence-electron chi connectivity index (χ1n) is 12.0. The lowest BCUT2D eigenvalue weighted by atomic mass is 10.0. The molecule has 6 aromatic rings. The molecule has 2 aromatic carbocycles. The molecule has 4 aromatic heterocycles. The lowest BCUT2D eigenvalue weighted by molar-refractivity contribution is 0.415. The van der Waals surface area contributed by atoms with Crippen LogP contribution in [0.1, 0.15) is 31.7 Å². The normalized spacial score (nSPS) is 14.6. The van der Waals surface area contributed by atoms with Crippen LogP contribution in [0.2, 0.25) is 0 Å². The van der Waals surface area contributed by atoms with E-state index < -0.39 is 0 Å². The minimum atomic E-state index is -0.348. The summed E-state index contributed by atoms with van der Waals surface area (Å²) in [6.45, 7) is 0. The third-order valence-electron chi connectivity index (χ3n) is 7.32. The molecule has 3 N–H and O–H groups in total. The highest BCUT2D eigenvalue weighted by Gasteiger charge is 2.27. The monoisotopic (exact) mass is 482 g/mol. The van der Waals surface area contributed by atoms with E-state index in [0.717, 1.165) is 31.1 Å². The van der Waals surface area contributed by atoms with Gasteiger partial charge in [0.25, 0.3) is 11.1 Å². The molecule has 0 aliphatic heterocycles. The third kappa shape index (κ3) is 2.92. The standard InChI is InChI=1S/C27H22N4O5/c1-35-16-7-9-19-13(10-16)11-18(26(33)28-19)21-22-25(31(30-27(22)34)14-4-2-3-5-14)29-23-17-8-6-15(32)12-20(17)36-24(21)23/h6-12,14,29H,2-5H2,1H3,(H,28,33)(H,30,34). The zero-order chi connectivity index (χ0) is 24.6. The molecule has 0 unspecified atom stereocenters. The van der Waals surface area contributed by atoms with Crippen LogP contribution in [0.25, 0.3) is 55.1 Å². The predicted molar refractivity (Wildman–Crippen MR) is 138 cm³/mol. The summed E-state index contributed by atoms with van der Waals surface area (Å²) in [5.41, 5.74) is 2.49. The zero-order valence-electron chi connectivity index (χ0n) is 19.4. The molecule has 0 amide bonds. The number of benzene rings is 2. The van der Waals surface area contributed by atoms with Gasteiger partial charge in [-0.3, -0.25) is 24.2 Å². The van der Waals surface area contributed by atoms with Crippen LogP contribution in [0, 0.1) is 0 Å². The average molecular weight is 482 g/mol. The Bertz CT molecular complexity index is 2010. The second-order valence-corrected chi connectivity index (χ2v) is 9.40. The number of nitrogens with zero attached hydrogens (tertiary/aromatic N) is 1. The van der Waals surface area contributed by atoms with E-state index in [1.54, 1.807) is 31.4 Å². The van der Waals surface area contributed by atoms with Crippen LogP contribution >= 0.6 is 0 Å². The Morgan fingerprint density at radius 3 is 2.61 bits per heavy atom. The molecule has 0 saturated heterocycles. The molecule has 9 nitrogen and oxygen atoms in total. The van der Waals surface area contributed by atoms with Gasteiger partial charge in [0, 0.05) is 27.9 Å². The van der Waals surface area contributed by atoms with Crippen molar-refractivity contribution in [2.24, 2.45) is 0 Å². The number of ether oxygens (including phenoxy) is 1. The number of fused-ring (bicyclic) bond motifs is 5. The van der Waals surface area contributed by atoms with Crippen molar-refractivity contribution in [3.63, 3.8) is 0 Å². The van der Waals surface area contributed by atoms with Gasteiger partial charge in [-0.05, 0) is 49.2 Å². The van der Waals surface area contributed by atoms with Gasteiger partial charge in [0.15, 0.2) is 11.0 Å². The SMILES string of the molecule is COc1ccc2[nH]c(=O)c(-c3c4oc5cc(=O)ccc5c4[nH]c4c3c(=O)[nH]n4C3CCCC3)cc2c1. The highest BCUT2D eigenvalue weighted by Crippen LogP contribution is 2.39. The number of nitrogens with one attached hydrogen (secondary N) is 3. The van der Waals surface area contributed by atoms with Gasteiger partial charge in [0.2, 0.25) is 0 Å². The number of methoxy groups -OCH3 is 1. The molecular formula is C27H22N4O5. The Balaban J connectivity index is 1.66. The van der Waals surface area contributed by atoms with Gasteiger partial charge in [-0.2, -0.15) is 0 Å². The minimum Gasteiger partial charge on any atom is -0.497 e. The molecule has 4 heterocycles. The van der Waals surface area contributed by atoms with Gasteiger partial charge in [0.1, 0.15) is 17.0 Å². The van der Waals surface area contributed by atoms with Crippen LogP contribution in [-0.2, 0) is 0 Å². The fourth-order valence-electron chi connectivity index (χ4n) is 5.60. The largest absolute Gasteiger partial charge is 0.497 e. The number of rotatable bonds is 3. The van der Waals surface area contributed by atoms with Gasteiger partial charge in [-0.1, -0.05) is 12.8 Å². The maximum atomic E-state index is 13.4. The van der Waals surface area contributed by atoms with Gasteiger partial charge < -0.3 is 19.1 Å². The number of aromatic amines is 3. The van der Waals surface area contributed by atoms with E-state index in [4.69, 9.17) is 9.15 Å². The smallest absolute Gasteiger partial charge is 0.274 e. The maximum absolute atomic E-state index is 13.4. The van der Waals surface area contributed by atoms with Crippen LogP contribution in [0.4, 0.5) is 0 Å². The molecule has 0 atom stereocenters. The van der Waals surface area contributed by atoms with Crippen LogP contribution in [-0.4, -0.2) is 26.9 Å². The topological polar surface area (TPSA) is 126 Å². The fourth-order valence-corrected chi connectivity index (χ4v) is 5.60. The number of pyridine rings is 2.